The molecule has 0 aromatic heterocycles. The average Bonchev–Trinajstić information content (AvgIpc) is 2.38. The van der Waals surface area contributed by atoms with Crippen LogP contribution in [0.5, 0.6) is 0 Å². The normalized spacial score (nSPS) is 17.2. The molecule has 0 atom stereocenters. The van der Waals surface area contributed by atoms with Gasteiger partial charge in [-0.15, -0.1) is 0 Å². The molecule has 2 rings (SSSR count). The Hall–Kier alpha value is -0.930. The van der Waals surface area contributed by atoms with Crippen LogP contribution in [0.15, 0.2) is 24.3 Å². The highest BCUT2D eigenvalue weighted by Crippen LogP contribution is 2.11. The molecule has 0 spiro atoms. The highest BCUT2D eigenvalue weighted by molar-refractivity contribution is 7.80. The number of benzene rings is 1. The molecule has 1 aliphatic heterocycles. The zero-order valence-electron chi connectivity index (χ0n) is 10.6. The fraction of sp³-hybridized carbons (Fsp3) is 0.500. The summed E-state index contributed by atoms with van der Waals surface area (Å²) < 4.78 is 0. The number of hydrogen-bond acceptors (Lipinski definition) is 2. The summed E-state index contributed by atoms with van der Waals surface area (Å²) in [6, 6.07) is 8.48. The predicted octanol–water partition coefficient (Wildman–Crippen LogP) is 2.31. The highest BCUT2D eigenvalue weighted by atomic mass is 32.1. The van der Waals surface area contributed by atoms with E-state index >= 15 is 0 Å². The summed E-state index contributed by atoms with van der Waals surface area (Å²) in [5.41, 5.74) is 2.46. The van der Waals surface area contributed by atoms with Crippen LogP contribution in [-0.2, 0) is 0 Å². The highest BCUT2D eigenvalue weighted by Gasteiger charge is 2.18. The minimum atomic E-state index is 1.00. The van der Waals surface area contributed by atoms with Gasteiger partial charge in [-0.3, -0.25) is 0 Å². The first kappa shape index (κ1) is 12.5. The van der Waals surface area contributed by atoms with Crippen molar-refractivity contribution in [2.75, 3.05) is 32.7 Å². The second-order valence-electron chi connectivity index (χ2n) is 4.60. The Morgan fingerprint density at radius 3 is 2.53 bits per heavy atom. The van der Waals surface area contributed by atoms with Crippen molar-refractivity contribution in [3.05, 3.63) is 35.4 Å². The van der Waals surface area contributed by atoms with E-state index in [0.29, 0.717) is 0 Å². The molecule has 0 N–H and O–H groups in total. The van der Waals surface area contributed by atoms with Crippen LogP contribution in [0.4, 0.5) is 0 Å². The largest absolute Gasteiger partial charge is 0.360 e. The molecule has 1 aliphatic rings. The Morgan fingerprint density at radius 2 is 1.94 bits per heavy atom. The number of hydrogen-bond donors (Lipinski definition) is 0. The number of piperazine rings is 1. The van der Waals surface area contributed by atoms with Gasteiger partial charge in [0.15, 0.2) is 0 Å². The van der Waals surface area contributed by atoms with E-state index in [2.05, 4.69) is 47.9 Å². The molecule has 0 bridgehead atoms. The van der Waals surface area contributed by atoms with Gasteiger partial charge in [0.05, 0.1) is 0 Å². The minimum Gasteiger partial charge on any atom is -0.360 e. The number of nitrogens with zero attached hydrogens (tertiary/aromatic N) is 2. The summed E-state index contributed by atoms with van der Waals surface area (Å²) in [5, 5.41) is 0. The molecule has 1 saturated heterocycles. The zero-order chi connectivity index (χ0) is 12.3. The summed E-state index contributed by atoms with van der Waals surface area (Å²) in [4.78, 5) is 5.80. The maximum absolute atomic E-state index is 5.58. The van der Waals surface area contributed by atoms with Crippen molar-refractivity contribution in [3.8, 4) is 0 Å². The smallest absolute Gasteiger partial charge is 0.109 e. The molecule has 2 nitrogen and oxygen atoms in total. The third kappa shape index (κ3) is 3.05. The predicted molar refractivity (Wildman–Crippen MR) is 76.6 cm³/mol. The van der Waals surface area contributed by atoms with Gasteiger partial charge in [0.2, 0.25) is 0 Å². The van der Waals surface area contributed by atoms with E-state index in [1.807, 2.05) is 0 Å². The minimum absolute atomic E-state index is 1.00. The van der Waals surface area contributed by atoms with E-state index in [-0.39, 0.29) is 0 Å². The Morgan fingerprint density at radius 1 is 1.24 bits per heavy atom. The number of rotatable bonds is 2. The molecule has 1 aromatic rings. The van der Waals surface area contributed by atoms with Gasteiger partial charge < -0.3 is 9.80 Å². The zero-order valence-corrected chi connectivity index (χ0v) is 11.5. The lowest BCUT2D eigenvalue weighted by Crippen LogP contribution is -2.48. The summed E-state index contributed by atoms with van der Waals surface area (Å²) in [6.07, 6.45) is 0. The topological polar surface area (TPSA) is 6.48 Å². The van der Waals surface area contributed by atoms with Crippen molar-refractivity contribution in [2.45, 2.75) is 13.8 Å². The molecule has 0 amide bonds. The van der Waals surface area contributed by atoms with Gasteiger partial charge in [0.25, 0.3) is 0 Å². The van der Waals surface area contributed by atoms with E-state index in [9.17, 15) is 0 Å². The fourth-order valence-corrected chi connectivity index (χ4v) is 2.54. The molecule has 0 radical (unpaired) electrons. The third-order valence-corrected chi connectivity index (χ3v) is 3.87. The average molecular weight is 248 g/mol. The van der Waals surface area contributed by atoms with Gasteiger partial charge in [0, 0.05) is 31.7 Å². The maximum Gasteiger partial charge on any atom is 0.109 e. The summed E-state index contributed by atoms with van der Waals surface area (Å²) in [5.74, 6) is 0. The monoisotopic (exact) mass is 248 g/mol. The van der Waals surface area contributed by atoms with Crippen LogP contribution in [0.2, 0.25) is 0 Å². The SMILES string of the molecule is CCN1CCN(C(=S)c2cccc(C)c2)CC1. The number of thiocarbonyl (C=S) groups is 1. The van der Waals surface area contributed by atoms with Crippen molar-refractivity contribution in [1.82, 2.24) is 9.80 Å². The van der Waals surface area contributed by atoms with Crippen LogP contribution in [-0.4, -0.2) is 47.5 Å². The van der Waals surface area contributed by atoms with E-state index in [0.717, 1.165) is 37.7 Å². The molecule has 17 heavy (non-hydrogen) atoms. The molecule has 0 saturated carbocycles. The summed E-state index contributed by atoms with van der Waals surface area (Å²) in [6.45, 7) is 9.84. The lowest BCUT2D eigenvalue weighted by Gasteiger charge is -2.35. The Kier molecular flexibility index (Phi) is 4.13. The van der Waals surface area contributed by atoms with Crippen LogP contribution >= 0.6 is 12.2 Å². The van der Waals surface area contributed by atoms with Gasteiger partial charge in [-0.2, -0.15) is 0 Å². The summed E-state index contributed by atoms with van der Waals surface area (Å²) >= 11 is 5.58. The lowest BCUT2D eigenvalue weighted by atomic mass is 10.1. The second-order valence-corrected chi connectivity index (χ2v) is 4.98. The van der Waals surface area contributed by atoms with Gasteiger partial charge in [-0.1, -0.05) is 42.9 Å². The van der Waals surface area contributed by atoms with E-state index in [4.69, 9.17) is 12.2 Å². The van der Waals surface area contributed by atoms with Crippen LogP contribution in [0, 0.1) is 6.92 Å². The van der Waals surface area contributed by atoms with Crippen molar-refractivity contribution in [3.63, 3.8) is 0 Å². The molecule has 3 heteroatoms. The van der Waals surface area contributed by atoms with Gasteiger partial charge in [0.1, 0.15) is 4.99 Å². The first-order valence-corrected chi connectivity index (χ1v) is 6.70. The third-order valence-electron chi connectivity index (χ3n) is 3.37. The first-order valence-electron chi connectivity index (χ1n) is 6.29. The molecule has 1 fully saturated rings. The molecular formula is C14H20N2S. The maximum atomic E-state index is 5.58. The molecule has 1 aromatic carbocycles. The Balaban J connectivity index is 2.02. The number of likely N-dealkylation sites (N-methyl/N-ethyl adjacent to an activating group) is 1. The second kappa shape index (κ2) is 5.61. The fourth-order valence-electron chi connectivity index (χ4n) is 2.23. The Bertz CT molecular complexity index is 395. The molecule has 0 aliphatic carbocycles. The molecule has 92 valence electrons. The standard InChI is InChI=1S/C14H20N2S/c1-3-15-7-9-16(10-8-15)14(17)13-6-4-5-12(2)11-13/h4-6,11H,3,7-10H2,1-2H3. The quantitative estimate of drug-likeness (QED) is 0.742. The van der Waals surface area contributed by atoms with Crippen molar-refractivity contribution < 1.29 is 0 Å². The van der Waals surface area contributed by atoms with Crippen LogP contribution in [0.1, 0.15) is 18.1 Å². The van der Waals surface area contributed by atoms with Crippen molar-refractivity contribution in [2.24, 2.45) is 0 Å². The molecular weight excluding hydrogens is 228 g/mol. The van der Waals surface area contributed by atoms with Crippen LogP contribution in [0.25, 0.3) is 0 Å². The van der Waals surface area contributed by atoms with Crippen LogP contribution < -0.4 is 0 Å². The summed E-state index contributed by atoms with van der Waals surface area (Å²) in [7, 11) is 0. The van der Waals surface area contributed by atoms with Crippen molar-refractivity contribution in [1.29, 1.82) is 0 Å². The molecule has 1 heterocycles. The van der Waals surface area contributed by atoms with Gasteiger partial charge in [-0.25, -0.2) is 0 Å². The van der Waals surface area contributed by atoms with E-state index in [1.165, 1.54) is 11.1 Å². The van der Waals surface area contributed by atoms with E-state index in [1.54, 1.807) is 0 Å². The van der Waals surface area contributed by atoms with E-state index < -0.39 is 0 Å². The molecule has 0 unspecified atom stereocenters. The number of aryl methyl sites for hydroxylation is 1. The van der Waals surface area contributed by atoms with Crippen molar-refractivity contribution >= 4 is 17.2 Å². The first-order chi connectivity index (χ1) is 8.20. The Labute approximate surface area is 109 Å². The lowest BCUT2D eigenvalue weighted by molar-refractivity contribution is 0.192. The van der Waals surface area contributed by atoms with Gasteiger partial charge >= 0.3 is 0 Å². The van der Waals surface area contributed by atoms with Crippen LogP contribution in [0.3, 0.4) is 0 Å². The van der Waals surface area contributed by atoms with Gasteiger partial charge in [-0.05, 0) is 19.5 Å².